The smallest absolute Gasteiger partial charge is 0.233 e. The minimum Gasteiger partial charge on any atom is -1.00 e. The van der Waals surface area contributed by atoms with Crippen LogP contribution in [-0.4, -0.2) is 0 Å². The molecule has 0 spiro atoms. The molecule has 1 nitrogen and oxygen atoms in total. The second kappa shape index (κ2) is 17.0. The van der Waals surface area contributed by atoms with Crippen LogP contribution >= 0.6 is 8.37 Å². The van der Waals surface area contributed by atoms with Crippen molar-refractivity contribution < 1.29 is 40.5 Å². The third-order valence-electron chi connectivity index (χ3n) is 0.0913. The summed E-state index contributed by atoms with van der Waals surface area (Å²) in [6.07, 6.45) is 0. The molecule has 0 heterocycles. The van der Waals surface area contributed by atoms with E-state index >= 15 is 0 Å². The van der Waals surface area contributed by atoms with Crippen LogP contribution in [0, 0.1) is 0 Å². The molecule has 0 aromatic carbocycles. The van der Waals surface area contributed by atoms with Gasteiger partial charge in [0.05, 0.1) is 1.37 Å². The fraction of sp³-hybridized carbons (Fsp3) is 0. The van der Waals surface area contributed by atoms with Crippen LogP contribution in [0.4, 0.5) is 0 Å². The highest BCUT2D eigenvalue weighted by Crippen LogP contribution is 1.77. The minimum atomic E-state index is 0. The molecule has 0 aliphatic heterocycles. The van der Waals surface area contributed by atoms with Gasteiger partial charge in [0.2, 0.25) is 8.37 Å². The molecule has 0 rings (SSSR count). The second-order valence-electron chi connectivity index (χ2n) is 0.287. The van der Waals surface area contributed by atoms with Gasteiger partial charge in [-0.2, -0.15) is 0 Å². The summed E-state index contributed by atoms with van der Waals surface area (Å²) in [6.45, 7) is 3.20. The molecule has 0 saturated heterocycles. The molecule has 4 heteroatoms. The summed E-state index contributed by atoms with van der Waals surface area (Å²) in [6, 6.07) is 0. The van der Waals surface area contributed by atoms with Crippen molar-refractivity contribution in [3.8, 4) is 0 Å². The van der Waals surface area contributed by atoms with Crippen molar-refractivity contribution in [2.45, 2.75) is 0 Å². The molecule has 0 aromatic rings. The first-order valence-corrected chi connectivity index (χ1v) is 1.80. The molecule has 0 aliphatic carbocycles. The van der Waals surface area contributed by atoms with Gasteiger partial charge in [-0.25, -0.2) is 5.16 Å². The lowest BCUT2D eigenvalue weighted by atomic mass is 11.3. The molecule has 38 valence electrons. The van der Waals surface area contributed by atoms with Crippen molar-refractivity contribution in [1.82, 2.24) is 0 Å². The number of halogens is 2. The Morgan fingerprint density at radius 1 is 1.83 bits per heavy atom. The Kier molecular flexibility index (Phi) is 28.2. The van der Waals surface area contributed by atoms with Gasteiger partial charge in [-0.1, -0.05) is 6.58 Å². The summed E-state index contributed by atoms with van der Waals surface area (Å²) >= 11 is 0. The molecule has 0 aromatic heterocycles. The number of nitrogens with two attached hydrogens (primary N) is 1. The summed E-state index contributed by atoms with van der Waals surface area (Å²) in [4.78, 5) is 0. The van der Waals surface area contributed by atoms with E-state index in [9.17, 15) is 0 Å². The lowest BCUT2D eigenvalue weighted by molar-refractivity contribution is -0.0745. The molecular weight excluding hydrogens is 229 g/mol. The lowest BCUT2D eigenvalue weighted by Gasteiger charge is -1.31. The first-order valence-electron chi connectivity index (χ1n) is 1.34. The van der Waals surface area contributed by atoms with E-state index in [-0.39, 0.29) is 39.8 Å². The predicted octanol–water partition coefficient (Wildman–Crippen LogP) is -5.97. The third kappa shape index (κ3) is 21.4. The van der Waals surface area contributed by atoms with E-state index in [1.807, 2.05) is 0 Å². The highest BCUT2D eigenvalue weighted by atomic mass is 79.9. The fourth-order valence-electron chi connectivity index (χ4n) is 0. The zero-order valence-electron chi connectivity index (χ0n) is 3.99. The normalized spacial score (nSPS) is 7.00. The Morgan fingerprint density at radius 3 is 2.00 bits per heavy atom. The number of rotatable bonds is 1. The van der Waals surface area contributed by atoms with Crippen molar-refractivity contribution in [1.29, 1.82) is 0 Å². The van der Waals surface area contributed by atoms with Crippen LogP contribution in [-0.2, 0) is 0 Å². The van der Waals surface area contributed by atoms with Gasteiger partial charge >= 0.3 is 0 Å². The summed E-state index contributed by atoms with van der Waals surface area (Å²) in [5, 5.41) is 4.86. The van der Waals surface area contributed by atoms with Gasteiger partial charge in [0.25, 0.3) is 0 Å². The maximum absolute atomic E-state index is 6.49. The van der Waals surface area contributed by atoms with E-state index in [0.717, 1.165) is 0 Å². The van der Waals surface area contributed by atoms with Crippen LogP contribution in [0.5, 0.6) is 0 Å². The van der Waals surface area contributed by atoms with E-state index < -0.39 is 0 Å². The molecule has 2 N–H and O–H groups in total. The predicted molar refractivity (Wildman–Crippen MR) is 19.0 cm³/mol. The van der Waals surface area contributed by atoms with Gasteiger partial charge in [-0.05, 0) is 0 Å². The highest BCUT2D eigenvalue weighted by Gasteiger charge is 1.44. The van der Waals surface area contributed by atoms with Crippen molar-refractivity contribution in [2.24, 2.45) is 0 Å². The molecule has 0 unspecified atom stereocenters. The van der Waals surface area contributed by atoms with Gasteiger partial charge in [0.15, 0.2) is 0 Å². The highest BCUT2D eigenvalue weighted by molar-refractivity contribution is 7.27. The zero-order chi connectivity index (χ0) is 4.28. The second-order valence-corrected chi connectivity index (χ2v) is 0.862. The van der Waals surface area contributed by atoms with Crippen LogP contribution in [0.15, 0.2) is 12.4 Å². The molecule has 0 bridgehead atoms. The van der Waals surface area contributed by atoms with E-state index in [4.69, 9.17) is 6.53 Å². The number of hydrogen-bond acceptors (Lipinski definition) is 0. The first kappa shape index (κ1) is 9.93. The summed E-state index contributed by atoms with van der Waals surface area (Å²) in [5.41, 5.74) is 0. The fourth-order valence-corrected chi connectivity index (χ4v) is 0. The first-order chi connectivity index (χ1) is 2.27. The van der Waals surface area contributed by atoms with Gasteiger partial charge in [0.1, 0.15) is 0 Å². The quantitative estimate of drug-likeness (QED) is 0.438. The topological polar surface area (TPSA) is 25.6 Å². The van der Waals surface area contributed by atoms with Crippen molar-refractivity contribution in [3.63, 3.8) is 0 Å². The average molecular weight is 236 g/mol. The summed E-state index contributed by atoms with van der Waals surface area (Å²) in [5.74, 6) is 0.255. The van der Waals surface area contributed by atoms with E-state index in [2.05, 4.69) is 6.58 Å². The van der Waals surface area contributed by atoms with Crippen molar-refractivity contribution in [2.75, 3.05) is 0 Å². The molecular formula is C2H5Br2NP-. The molecule has 6 heavy (non-hydrogen) atoms. The van der Waals surface area contributed by atoms with E-state index in [1.54, 1.807) is 0 Å². The van der Waals surface area contributed by atoms with Gasteiger partial charge in [-0.15, -0.1) is 0 Å². The lowest BCUT2D eigenvalue weighted by Crippen LogP contribution is -3.00. The molecule has 0 saturated carbocycles. The third-order valence-corrected chi connectivity index (χ3v) is 0.274. The van der Waals surface area contributed by atoms with Gasteiger partial charge in [-0.3, -0.25) is 0 Å². The van der Waals surface area contributed by atoms with Crippen molar-refractivity contribution >= 4 is 8.37 Å². The standard InChI is InChI=1S/C2H4NP.2BrH/c1-2-4-3;;/h2-3H,1H2;2*1H/p-1/i2T;;. The Hall–Kier alpha value is 0.800. The Morgan fingerprint density at radius 2 is 2.00 bits per heavy atom. The van der Waals surface area contributed by atoms with Gasteiger partial charge in [0, 0.05) is 5.79 Å². The maximum Gasteiger partial charge on any atom is 0.233 e. The largest absolute Gasteiger partial charge is 1.00 e. The van der Waals surface area contributed by atoms with Crippen LogP contribution in [0.1, 0.15) is 1.37 Å². The van der Waals surface area contributed by atoms with Gasteiger partial charge < -0.3 is 34.0 Å². The maximum atomic E-state index is 6.49. The van der Waals surface area contributed by atoms with E-state index in [0.29, 0.717) is 8.37 Å². The molecule has 0 fully saturated rings. The number of hydrogen-bond donors (Lipinski definition) is 1. The zero-order valence-corrected chi connectivity index (χ0v) is 7.05. The minimum absolute atomic E-state index is 0. The van der Waals surface area contributed by atoms with Crippen LogP contribution in [0.25, 0.3) is 0 Å². The van der Waals surface area contributed by atoms with Crippen LogP contribution < -0.4 is 39.1 Å². The molecule has 0 atom stereocenters. The monoisotopic (exact) mass is 234 g/mol. The summed E-state index contributed by atoms with van der Waals surface area (Å²) in [7, 11) is 0.469. The van der Waals surface area contributed by atoms with Crippen molar-refractivity contribution in [3.05, 3.63) is 12.4 Å². The molecule has 0 aliphatic rings. The van der Waals surface area contributed by atoms with Crippen LogP contribution in [0.3, 0.4) is 0 Å². The van der Waals surface area contributed by atoms with Crippen LogP contribution in [0.2, 0.25) is 0 Å². The molecule has 0 radical (unpaired) electrons. The Balaban J connectivity index is -0.0000000800. The molecule has 0 amide bonds. The Bertz CT molecular complexity index is 66.7. The SMILES string of the molecule is [3H]C(=C)P=[NH2+].[Br-].[Br-]. The summed E-state index contributed by atoms with van der Waals surface area (Å²) < 4.78 is 6.49. The average Bonchev–Trinajstić information content (AvgIpc) is 1.38. The Labute approximate surface area is 61.5 Å². The van der Waals surface area contributed by atoms with E-state index in [1.165, 1.54) is 0 Å².